The van der Waals surface area contributed by atoms with Crippen LogP contribution in [0.25, 0.3) is 5.69 Å². The number of ether oxygens (including phenoxy) is 1. The highest BCUT2D eigenvalue weighted by atomic mass is 19.4. The topological polar surface area (TPSA) is 72.1 Å². The first-order valence-corrected chi connectivity index (χ1v) is 7.38. The number of pyridine rings is 1. The Labute approximate surface area is 139 Å². The molecule has 0 radical (unpaired) electrons. The summed E-state index contributed by atoms with van der Waals surface area (Å²) in [4.78, 5) is 24.6. The molecule has 3 rings (SSSR count). The summed E-state index contributed by atoms with van der Waals surface area (Å²) < 4.78 is 41.7. The Morgan fingerprint density at radius 1 is 1.12 bits per heavy atom. The predicted octanol–water partition coefficient (Wildman–Crippen LogP) is 3.13. The van der Waals surface area contributed by atoms with Crippen LogP contribution in [0.2, 0.25) is 0 Å². The lowest BCUT2D eigenvalue weighted by molar-refractivity contribution is -0.274. The van der Waals surface area contributed by atoms with E-state index in [2.05, 4.69) is 4.74 Å². The van der Waals surface area contributed by atoms with Gasteiger partial charge in [0.25, 0.3) is 5.56 Å². The Morgan fingerprint density at radius 2 is 1.80 bits per heavy atom. The van der Waals surface area contributed by atoms with Gasteiger partial charge in [0.15, 0.2) is 5.78 Å². The number of alkyl halides is 3. The Balaban J connectivity index is 2.14. The van der Waals surface area contributed by atoms with Crippen LogP contribution in [0.4, 0.5) is 13.2 Å². The number of rotatable bonds is 2. The minimum Gasteiger partial charge on any atom is -0.406 e. The van der Waals surface area contributed by atoms with E-state index in [9.17, 15) is 22.8 Å². The zero-order valence-electron chi connectivity index (χ0n) is 12.8. The lowest BCUT2D eigenvalue weighted by atomic mass is 9.93. The van der Waals surface area contributed by atoms with Crippen molar-refractivity contribution in [2.24, 2.45) is 0 Å². The number of halogens is 3. The van der Waals surface area contributed by atoms with Crippen LogP contribution in [0.5, 0.6) is 5.75 Å². The number of ketones is 1. The summed E-state index contributed by atoms with van der Waals surface area (Å²) in [6.07, 6.45) is -3.46. The summed E-state index contributed by atoms with van der Waals surface area (Å²) in [5.74, 6) is -0.589. The lowest BCUT2D eigenvalue weighted by Gasteiger charge is -2.21. The van der Waals surface area contributed by atoms with Gasteiger partial charge in [0, 0.05) is 23.4 Å². The normalized spacial score (nSPS) is 13.9. The summed E-state index contributed by atoms with van der Waals surface area (Å²) in [7, 11) is 0. The van der Waals surface area contributed by atoms with Crippen molar-refractivity contribution in [1.82, 2.24) is 4.57 Å². The van der Waals surface area contributed by atoms with E-state index in [0.29, 0.717) is 30.5 Å². The predicted molar refractivity (Wildman–Crippen MR) is 80.7 cm³/mol. The Morgan fingerprint density at radius 3 is 2.40 bits per heavy atom. The Bertz CT molecular complexity index is 938. The number of Topliss-reactive ketones (excluding diaryl/α,β-unsaturated/α-hetero) is 1. The highest BCUT2D eigenvalue weighted by Gasteiger charge is 2.31. The molecule has 1 aliphatic carbocycles. The molecule has 0 aliphatic heterocycles. The van der Waals surface area contributed by atoms with Gasteiger partial charge in [-0.2, -0.15) is 5.26 Å². The van der Waals surface area contributed by atoms with Crippen molar-refractivity contribution in [1.29, 1.82) is 5.26 Å². The third-order valence-corrected chi connectivity index (χ3v) is 3.87. The van der Waals surface area contributed by atoms with Crippen LogP contribution in [0.15, 0.2) is 35.1 Å². The van der Waals surface area contributed by atoms with Crippen LogP contribution < -0.4 is 10.3 Å². The fourth-order valence-electron chi connectivity index (χ4n) is 2.84. The highest BCUT2D eigenvalue weighted by Crippen LogP contribution is 2.26. The molecule has 0 bridgehead atoms. The molecule has 0 fully saturated rings. The van der Waals surface area contributed by atoms with Crippen molar-refractivity contribution in [3.8, 4) is 17.5 Å². The van der Waals surface area contributed by atoms with Crippen molar-refractivity contribution in [3.05, 3.63) is 57.5 Å². The zero-order valence-corrected chi connectivity index (χ0v) is 12.8. The molecule has 128 valence electrons. The molecule has 0 saturated heterocycles. The SMILES string of the molecule is N#Cc1cc2c(n(-c3ccc(OC(F)(F)F)cc3)c1=O)CCCC2=O. The van der Waals surface area contributed by atoms with E-state index in [4.69, 9.17) is 5.26 Å². The number of fused-ring (bicyclic) bond motifs is 1. The average Bonchev–Trinajstić information content (AvgIpc) is 2.54. The van der Waals surface area contributed by atoms with Gasteiger partial charge >= 0.3 is 6.36 Å². The summed E-state index contributed by atoms with van der Waals surface area (Å²) >= 11 is 0. The minimum atomic E-state index is -4.81. The van der Waals surface area contributed by atoms with Crippen molar-refractivity contribution in [3.63, 3.8) is 0 Å². The lowest BCUT2D eigenvalue weighted by Crippen LogP contribution is -2.29. The molecule has 1 aromatic heterocycles. The monoisotopic (exact) mass is 348 g/mol. The summed E-state index contributed by atoms with van der Waals surface area (Å²) in [6, 6.07) is 7.76. The van der Waals surface area contributed by atoms with E-state index in [1.54, 1.807) is 6.07 Å². The number of benzene rings is 1. The van der Waals surface area contributed by atoms with Gasteiger partial charge in [-0.05, 0) is 43.2 Å². The molecular formula is C17H11F3N2O3. The van der Waals surface area contributed by atoms with Crippen LogP contribution in [0.3, 0.4) is 0 Å². The summed E-state index contributed by atoms with van der Waals surface area (Å²) in [6.45, 7) is 0. The van der Waals surface area contributed by atoms with Crippen molar-refractivity contribution in [2.45, 2.75) is 25.6 Å². The minimum absolute atomic E-state index is 0.163. The molecule has 1 heterocycles. The third-order valence-electron chi connectivity index (χ3n) is 3.87. The van der Waals surface area contributed by atoms with E-state index in [-0.39, 0.29) is 17.0 Å². The third kappa shape index (κ3) is 3.26. The summed E-state index contributed by atoms with van der Waals surface area (Å²) in [5, 5.41) is 9.13. The number of hydrogen-bond acceptors (Lipinski definition) is 4. The van der Waals surface area contributed by atoms with Crippen LogP contribution in [-0.4, -0.2) is 16.7 Å². The maximum Gasteiger partial charge on any atom is 0.573 e. The first-order chi connectivity index (χ1) is 11.8. The molecule has 0 unspecified atom stereocenters. The molecule has 5 nitrogen and oxygen atoms in total. The van der Waals surface area contributed by atoms with Gasteiger partial charge in [-0.25, -0.2) is 0 Å². The Hall–Kier alpha value is -3.08. The smallest absolute Gasteiger partial charge is 0.406 e. The maximum atomic E-state index is 12.5. The van der Waals surface area contributed by atoms with Crippen LogP contribution in [0.1, 0.15) is 34.5 Å². The fraction of sp³-hybridized carbons (Fsp3) is 0.235. The molecule has 0 spiro atoms. The Kier molecular flexibility index (Phi) is 4.08. The van der Waals surface area contributed by atoms with Gasteiger partial charge in [-0.1, -0.05) is 0 Å². The quantitative estimate of drug-likeness (QED) is 0.836. The van der Waals surface area contributed by atoms with Crippen molar-refractivity contribution in [2.75, 3.05) is 0 Å². The van der Waals surface area contributed by atoms with Gasteiger partial charge in [0.1, 0.15) is 17.4 Å². The maximum absolute atomic E-state index is 12.5. The first-order valence-electron chi connectivity index (χ1n) is 7.38. The molecule has 1 aliphatic rings. The van der Waals surface area contributed by atoms with Gasteiger partial charge in [-0.3, -0.25) is 14.2 Å². The van der Waals surface area contributed by atoms with Gasteiger partial charge in [-0.15, -0.1) is 13.2 Å². The second-order valence-corrected chi connectivity index (χ2v) is 5.49. The first kappa shape index (κ1) is 16.8. The van der Waals surface area contributed by atoms with E-state index in [1.165, 1.54) is 22.8 Å². The number of nitrogens with zero attached hydrogens (tertiary/aromatic N) is 2. The fourth-order valence-corrected chi connectivity index (χ4v) is 2.84. The highest BCUT2D eigenvalue weighted by molar-refractivity contribution is 5.98. The molecule has 1 aromatic carbocycles. The molecule has 0 amide bonds. The molecule has 8 heteroatoms. The standard InChI is InChI=1S/C17H11F3N2O3/c18-17(19,20)25-12-6-4-11(5-7-12)22-14-2-1-3-15(23)13(14)8-10(9-21)16(22)24/h4-8H,1-3H2. The number of carbonyl (C=O) groups is 1. The largest absolute Gasteiger partial charge is 0.573 e. The molecular weight excluding hydrogens is 337 g/mol. The number of nitriles is 1. The van der Waals surface area contributed by atoms with E-state index in [1.807, 2.05) is 0 Å². The van der Waals surface area contributed by atoms with Crippen LogP contribution in [0, 0.1) is 11.3 Å². The van der Waals surface area contributed by atoms with Gasteiger partial charge < -0.3 is 4.74 Å². The molecule has 2 aromatic rings. The molecule has 25 heavy (non-hydrogen) atoms. The van der Waals surface area contributed by atoms with Crippen LogP contribution >= 0.6 is 0 Å². The van der Waals surface area contributed by atoms with Crippen molar-refractivity contribution < 1.29 is 22.7 Å². The molecule has 0 saturated carbocycles. The average molecular weight is 348 g/mol. The second-order valence-electron chi connectivity index (χ2n) is 5.49. The zero-order chi connectivity index (χ0) is 18.2. The van der Waals surface area contributed by atoms with Crippen LogP contribution in [-0.2, 0) is 6.42 Å². The number of hydrogen-bond donors (Lipinski definition) is 0. The number of carbonyl (C=O) groups excluding carboxylic acids is 1. The van der Waals surface area contributed by atoms with Gasteiger partial charge in [0.2, 0.25) is 0 Å². The van der Waals surface area contributed by atoms with E-state index in [0.717, 1.165) is 12.1 Å². The van der Waals surface area contributed by atoms with Crippen molar-refractivity contribution >= 4 is 5.78 Å². The number of aromatic nitrogens is 1. The molecule has 0 atom stereocenters. The van der Waals surface area contributed by atoms with E-state index < -0.39 is 17.7 Å². The van der Waals surface area contributed by atoms with E-state index >= 15 is 0 Å². The van der Waals surface area contributed by atoms with Gasteiger partial charge in [0.05, 0.1) is 0 Å². The molecule has 0 N–H and O–H groups in total. The summed E-state index contributed by atoms with van der Waals surface area (Å²) in [5.41, 5.74) is 0.232. The second kappa shape index (κ2) is 6.09.